The molecule has 1 aliphatic rings. The quantitative estimate of drug-likeness (QED) is 0.475. The van der Waals surface area contributed by atoms with Crippen LogP contribution in [0.25, 0.3) is 0 Å². The zero-order chi connectivity index (χ0) is 5.44. The highest BCUT2D eigenvalue weighted by molar-refractivity contribution is 4.87. The number of hydrogen-bond acceptors (Lipinski definition) is 0. The highest BCUT2D eigenvalue weighted by atomic mass is 19.1. The highest BCUT2D eigenvalue weighted by Crippen LogP contribution is 2.39. The minimum absolute atomic E-state index is 0.403. The lowest BCUT2D eigenvalue weighted by Gasteiger charge is -1.95. The fourth-order valence-corrected chi connectivity index (χ4v) is 0.871. The lowest BCUT2D eigenvalue weighted by molar-refractivity contribution is 0.403. The largest absolute Gasteiger partial charge is 0.247 e. The SMILES string of the molecule is CC(C)C1C[C@H]1F. The van der Waals surface area contributed by atoms with Crippen LogP contribution in [0.4, 0.5) is 4.39 Å². The van der Waals surface area contributed by atoms with Crippen molar-refractivity contribution in [2.75, 3.05) is 0 Å². The van der Waals surface area contributed by atoms with Gasteiger partial charge in [0.05, 0.1) is 0 Å². The lowest BCUT2D eigenvalue weighted by atomic mass is 10.1. The second-order valence-electron chi connectivity index (χ2n) is 2.66. The van der Waals surface area contributed by atoms with Gasteiger partial charge in [-0.25, -0.2) is 4.39 Å². The molecule has 0 amide bonds. The maximum absolute atomic E-state index is 12.0. The van der Waals surface area contributed by atoms with E-state index in [1.165, 1.54) is 0 Å². The molecule has 0 aliphatic heterocycles. The van der Waals surface area contributed by atoms with Gasteiger partial charge in [-0.2, -0.15) is 0 Å². The molecule has 2 atom stereocenters. The third kappa shape index (κ3) is 0.929. The second kappa shape index (κ2) is 1.46. The van der Waals surface area contributed by atoms with E-state index in [2.05, 4.69) is 13.8 Å². The van der Waals surface area contributed by atoms with Crippen molar-refractivity contribution in [3.05, 3.63) is 0 Å². The first-order valence-electron chi connectivity index (χ1n) is 2.86. The van der Waals surface area contributed by atoms with Gasteiger partial charge in [-0.3, -0.25) is 0 Å². The molecule has 1 unspecified atom stereocenters. The monoisotopic (exact) mass is 102 g/mol. The smallest absolute Gasteiger partial charge is 0.104 e. The van der Waals surface area contributed by atoms with E-state index >= 15 is 0 Å². The summed E-state index contributed by atoms with van der Waals surface area (Å²) in [6, 6.07) is 0. The minimum atomic E-state index is -0.458. The molecule has 0 aromatic rings. The van der Waals surface area contributed by atoms with E-state index in [1.54, 1.807) is 0 Å². The van der Waals surface area contributed by atoms with Crippen molar-refractivity contribution in [1.29, 1.82) is 0 Å². The average Bonchev–Trinajstić information content (AvgIpc) is 2.17. The van der Waals surface area contributed by atoms with Crippen LogP contribution in [0.15, 0.2) is 0 Å². The normalized spacial score (nSPS) is 39.4. The van der Waals surface area contributed by atoms with Gasteiger partial charge in [-0.1, -0.05) is 13.8 Å². The zero-order valence-corrected chi connectivity index (χ0v) is 4.82. The molecule has 0 nitrogen and oxygen atoms in total. The standard InChI is InChI=1S/C6H11F/c1-4(2)5-3-6(5)7/h4-6H,3H2,1-2H3/t5?,6-/m1/s1. The molecule has 0 spiro atoms. The van der Waals surface area contributed by atoms with Crippen molar-refractivity contribution in [1.82, 2.24) is 0 Å². The second-order valence-corrected chi connectivity index (χ2v) is 2.66. The maximum Gasteiger partial charge on any atom is 0.104 e. The van der Waals surface area contributed by atoms with E-state index < -0.39 is 6.17 Å². The molecule has 0 aromatic heterocycles. The van der Waals surface area contributed by atoms with Crippen LogP contribution in [0.3, 0.4) is 0 Å². The molecule has 1 heteroatoms. The summed E-state index contributed by atoms with van der Waals surface area (Å²) in [5, 5.41) is 0. The molecule has 0 radical (unpaired) electrons. The molecular formula is C6H11F. The Morgan fingerprint density at radius 1 is 1.57 bits per heavy atom. The molecule has 0 heterocycles. The van der Waals surface area contributed by atoms with E-state index in [0.717, 1.165) is 6.42 Å². The van der Waals surface area contributed by atoms with Gasteiger partial charge in [-0.05, 0) is 18.3 Å². The Labute approximate surface area is 43.7 Å². The number of hydrogen-bond donors (Lipinski definition) is 0. The van der Waals surface area contributed by atoms with E-state index in [-0.39, 0.29) is 0 Å². The van der Waals surface area contributed by atoms with Crippen molar-refractivity contribution >= 4 is 0 Å². The number of halogens is 1. The van der Waals surface area contributed by atoms with Crippen LogP contribution in [-0.2, 0) is 0 Å². The Bertz CT molecular complexity index is 68.6. The molecule has 1 aliphatic carbocycles. The van der Waals surface area contributed by atoms with Gasteiger partial charge in [0.25, 0.3) is 0 Å². The van der Waals surface area contributed by atoms with Gasteiger partial charge in [-0.15, -0.1) is 0 Å². The van der Waals surface area contributed by atoms with Crippen LogP contribution in [-0.4, -0.2) is 6.17 Å². The van der Waals surface area contributed by atoms with E-state index in [1.807, 2.05) is 0 Å². The maximum atomic E-state index is 12.0. The van der Waals surface area contributed by atoms with Crippen molar-refractivity contribution in [2.24, 2.45) is 11.8 Å². The van der Waals surface area contributed by atoms with Crippen molar-refractivity contribution < 1.29 is 4.39 Å². The predicted octanol–water partition coefficient (Wildman–Crippen LogP) is 2.00. The number of rotatable bonds is 1. The molecule has 7 heavy (non-hydrogen) atoms. The van der Waals surface area contributed by atoms with Crippen LogP contribution in [0.2, 0.25) is 0 Å². The molecule has 0 aromatic carbocycles. The first-order valence-corrected chi connectivity index (χ1v) is 2.86. The van der Waals surface area contributed by atoms with E-state index in [4.69, 9.17) is 0 Å². The van der Waals surface area contributed by atoms with Gasteiger partial charge in [0.2, 0.25) is 0 Å². The van der Waals surface area contributed by atoms with Crippen LogP contribution in [0, 0.1) is 11.8 Å². The first-order chi connectivity index (χ1) is 3.22. The Hall–Kier alpha value is -0.0700. The topological polar surface area (TPSA) is 0 Å². The molecule has 42 valence electrons. The van der Waals surface area contributed by atoms with Crippen LogP contribution in [0.1, 0.15) is 20.3 Å². The Morgan fingerprint density at radius 3 is 2.00 bits per heavy atom. The molecule has 0 saturated heterocycles. The fourth-order valence-electron chi connectivity index (χ4n) is 0.871. The third-order valence-corrected chi connectivity index (χ3v) is 1.62. The fraction of sp³-hybridized carbons (Fsp3) is 1.00. The van der Waals surface area contributed by atoms with Crippen molar-refractivity contribution in [2.45, 2.75) is 26.4 Å². The summed E-state index contributed by atoms with van der Waals surface area (Å²) < 4.78 is 12.0. The van der Waals surface area contributed by atoms with Crippen LogP contribution >= 0.6 is 0 Å². The molecular weight excluding hydrogens is 91.1 g/mol. The van der Waals surface area contributed by atoms with Crippen LogP contribution < -0.4 is 0 Å². The van der Waals surface area contributed by atoms with Crippen LogP contribution in [0.5, 0.6) is 0 Å². The molecule has 1 fully saturated rings. The van der Waals surface area contributed by atoms with Crippen molar-refractivity contribution in [3.8, 4) is 0 Å². The summed E-state index contributed by atoms with van der Waals surface area (Å²) in [4.78, 5) is 0. The summed E-state index contributed by atoms with van der Waals surface area (Å²) in [5.41, 5.74) is 0. The Balaban J connectivity index is 2.20. The van der Waals surface area contributed by atoms with Gasteiger partial charge in [0.1, 0.15) is 6.17 Å². The van der Waals surface area contributed by atoms with E-state index in [9.17, 15) is 4.39 Å². The van der Waals surface area contributed by atoms with Gasteiger partial charge in [0.15, 0.2) is 0 Å². The zero-order valence-electron chi connectivity index (χ0n) is 4.82. The number of alkyl halides is 1. The van der Waals surface area contributed by atoms with E-state index in [0.29, 0.717) is 11.8 Å². The Kier molecular flexibility index (Phi) is 1.06. The van der Waals surface area contributed by atoms with Gasteiger partial charge >= 0.3 is 0 Å². The first kappa shape index (κ1) is 5.07. The summed E-state index contributed by atoms with van der Waals surface area (Å²) >= 11 is 0. The minimum Gasteiger partial charge on any atom is -0.247 e. The Morgan fingerprint density at radius 2 is 2.00 bits per heavy atom. The molecule has 0 N–H and O–H groups in total. The summed E-state index contributed by atoms with van der Waals surface area (Å²) in [5.74, 6) is 0.968. The molecule has 1 saturated carbocycles. The third-order valence-electron chi connectivity index (χ3n) is 1.62. The average molecular weight is 102 g/mol. The van der Waals surface area contributed by atoms with Gasteiger partial charge < -0.3 is 0 Å². The van der Waals surface area contributed by atoms with Gasteiger partial charge in [0, 0.05) is 0 Å². The predicted molar refractivity (Wildman–Crippen MR) is 27.8 cm³/mol. The van der Waals surface area contributed by atoms with Crippen molar-refractivity contribution in [3.63, 3.8) is 0 Å². The summed E-state index contributed by atoms with van der Waals surface area (Å²) in [7, 11) is 0. The summed E-state index contributed by atoms with van der Waals surface area (Å²) in [6.07, 6.45) is 0.359. The highest BCUT2D eigenvalue weighted by Gasteiger charge is 2.39. The lowest BCUT2D eigenvalue weighted by Crippen LogP contribution is -1.90. The summed E-state index contributed by atoms with van der Waals surface area (Å²) in [6.45, 7) is 4.15. The molecule has 0 bridgehead atoms. The molecule has 1 rings (SSSR count).